The number of rotatable bonds is 14. The van der Waals surface area contributed by atoms with Crippen molar-refractivity contribution in [1.29, 1.82) is 0 Å². The van der Waals surface area contributed by atoms with Crippen molar-refractivity contribution in [3.8, 4) is 67.5 Å². The summed E-state index contributed by atoms with van der Waals surface area (Å²) < 4.78 is 0. The predicted molar refractivity (Wildman–Crippen MR) is 340 cm³/mol. The third-order valence-electron chi connectivity index (χ3n) is 15.6. The van der Waals surface area contributed by atoms with Gasteiger partial charge in [0.2, 0.25) is 0 Å². The second kappa shape index (κ2) is 22.2. The molecule has 13 rings (SSSR count). The third kappa shape index (κ3) is 9.45. The van der Waals surface area contributed by atoms with Crippen molar-refractivity contribution >= 4 is 57.6 Å². The van der Waals surface area contributed by atoms with Gasteiger partial charge in [-0.3, -0.25) is 0 Å². The molecule has 12 aromatic carbocycles. The topological polar surface area (TPSA) is 38.7 Å². The van der Waals surface area contributed by atoms with E-state index in [1.54, 1.807) is 0 Å². The fourth-order valence-corrected chi connectivity index (χ4v) is 21.7. The lowest BCUT2D eigenvalue weighted by atomic mass is 10.1. The first kappa shape index (κ1) is 49.6. The van der Waals surface area contributed by atoms with Crippen molar-refractivity contribution in [2.24, 2.45) is 0 Å². The van der Waals surface area contributed by atoms with Gasteiger partial charge in [0.05, 0.1) is 0 Å². The van der Waals surface area contributed by atoms with Crippen molar-refractivity contribution < 1.29 is 0 Å². The Morgan fingerprint density at radius 2 is 0.362 bits per heavy atom. The zero-order chi connectivity index (χ0) is 53.6. The van der Waals surface area contributed by atoms with Crippen LogP contribution in [0.15, 0.2) is 334 Å². The predicted octanol–water partition coefficient (Wildman–Crippen LogP) is 12.6. The minimum absolute atomic E-state index is 0.606. The summed E-state index contributed by atoms with van der Waals surface area (Å²) in [4.78, 5) is 16.3. The van der Waals surface area contributed by atoms with Gasteiger partial charge in [0.25, 0.3) is 0 Å². The van der Waals surface area contributed by atoms with Crippen molar-refractivity contribution in [1.82, 2.24) is 15.0 Å². The highest BCUT2D eigenvalue weighted by Gasteiger charge is 2.46. The average molecular weight is 1050 g/mol. The number of benzene rings is 12. The van der Waals surface area contributed by atoms with E-state index >= 15 is 0 Å². The summed E-state index contributed by atoms with van der Waals surface area (Å²) in [6, 6.07) is 123. The Kier molecular flexibility index (Phi) is 13.8. The van der Waals surface area contributed by atoms with Gasteiger partial charge >= 0.3 is 0 Å². The highest BCUT2D eigenvalue weighted by atomic mass is 28.3. The van der Waals surface area contributed by atoms with Gasteiger partial charge in [-0.05, 0) is 74.9 Å². The fourth-order valence-electron chi connectivity index (χ4n) is 11.9. The first-order chi connectivity index (χ1) is 39.6. The van der Waals surface area contributed by atoms with Crippen LogP contribution in [0.5, 0.6) is 0 Å². The molecule has 0 aliphatic carbocycles. The van der Waals surface area contributed by atoms with Crippen LogP contribution in [0, 0.1) is 0 Å². The van der Waals surface area contributed by atoms with Crippen LogP contribution in [-0.4, -0.2) is 31.1 Å². The standard InChI is InChI=1S/C75H55N3Si2/c1-9-28-56(29-10-1)61-38-25-47-68(50-61)79(65-41-19-6-20-42-65,66-43-21-7-22-44-66)71-53-64(75-77-73(59-34-15-4-16-35-59)76-74(78-75)60-36-17-5-18-37-60)54-72(55-71)80(67-45-23-8-24-46-67,69-48-26-39-62(51-69)57-30-11-2-12-31-57)70-49-27-40-63(52-70)58-32-13-3-14-33-58/h1-55H. The minimum atomic E-state index is -3.47. The highest BCUT2D eigenvalue weighted by molar-refractivity contribution is 7.22. The molecule has 0 atom stereocenters. The Balaban J connectivity index is 1.22. The largest absolute Gasteiger partial charge is 0.208 e. The van der Waals surface area contributed by atoms with E-state index in [4.69, 9.17) is 15.0 Å². The van der Waals surface area contributed by atoms with Crippen molar-refractivity contribution in [2.45, 2.75) is 0 Å². The summed E-state index contributed by atoms with van der Waals surface area (Å²) in [6.07, 6.45) is 0. The highest BCUT2D eigenvalue weighted by Crippen LogP contribution is 2.28. The van der Waals surface area contributed by atoms with Crippen molar-refractivity contribution in [2.75, 3.05) is 0 Å². The van der Waals surface area contributed by atoms with Crippen molar-refractivity contribution in [3.63, 3.8) is 0 Å². The molecule has 0 saturated carbocycles. The maximum absolute atomic E-state index is 5.55. The fraction of sp³-hybridized carbons (Fsp3) is 0. The molecule has 13 aromatic rings. The second-order valence-electron chi connectivity index (χ2n) is 20.3. The molecule has 1 aromatic heterocycles. The molecule has 0 saturated heterocycles. The quantitative estimate of drug-likeness (QED) is 0.0805. The van der Waals surface area contributed by atoms with Gasteiger partial charge < -0.3 is 0 Å². The second-order valence-corrected chi connectivity index (χ2v) is 27.9. The van der Waals surface area contributed by atoms with Crippen LogP contribution in [0.25, 0.3) is 67.5 Å². The number of hydrogen-bond donors (Lipinski definition) is 0. The summed E-state index contributed by atoms with van der Waals surface area (Å²) in [6.45, 7) is 0. The molecule has 1 heterocycles. The summed E-state index contributed by atoms with van der Waals surface area (Å²) >= 11 is 0. The molecule has 0 fully saturated rings. The normalized spacial score (nSPS) is 11.5. The van der Waals surface area contributed by atoms with E-state index in [0.717, 1.165) is 16.7 Å². The first-order valence-corrected chi connectivity index (χ1v) is 31.3. The summed E-state index contributed by atoms with van der Waals surface area (Å²) in [5, 5.41) is 10.1. The molecular weight excluding hydrogens is 999 g/mol. The zero-order valence-corrected chi connectivity index (χ0v) is 46.1. The monoisotopic (exact) mass is 1050 g/mol. The average Bonchev–Trinajstić information content (AvgIpc) is 3.44. The SMILES string of the molecule is c1ccc(-c2cccc([Si](c3ccccc3)(c3ccccc3)c3cc(-c4nc(-c5ccccc5)nc(-c5ccccc5)n4)cc([Si](c4ccccc4)(c4cccc(-c5ccccc5)c4)c4cccc(-c5ccccc5)c4)c3)c2)cc1. The molecule has 0 aliphatic heterocycles. The Morgan fingerprint density at radius 1 is 0.150 bits per heavy atom. The van der Waals surface area contributed by atoms with Gasteiger partial charge in [-0.15, -0.1) is 0 Å². The first-order valence-electron chi connectivity index (χ1n) is 27.3. The third-order valence-corrected chi connectivity index (χ3v) is 25.0. The summed E-state index contributed by atoms with van der Waals surface area (Å²) in [7, 11) is -6.85. The van der Waals surface area contributed by atoms with Crippen LogP contribution in [0.1, 0.15) is 0 Å². The van der Waals surface area contributed by atoms with E-state index in [2.05, 4.69) is 322 Å². The molecule has 0 unspecified atom stereocenters. The van der Waals surface area contributed by atoms with Gasteiger partial charge in [0.1, 0.15) is 0 Å². The van der Waals surface area contributed by atoms with Crippen LogP contribution in [0.2, 0.25) is 0 Å². The molecule has 0 aliphatic rings. The molecule has 3 nitrogen and oxygen atoms in total. The lowest BCUT2D eigenvalue weighted by Gasteiger charge is -2.39. The number of hydrogen-bond acceptors (Lipinski definition) is 3. The molecule has 5 heteroatoms. The molecule has 0 N–H and O–H groups in total. The Bertz CT molecular complexity index is 4020. The van der Waals surface area contributed by atoms with E-state index in [1.807, 2.05) is 12.1 Å². The van der Waals surface area contributed by atoms with Gasteiger partial charge in [0, 0.05) is 16.7 Å². The minimum Gasteiger partial charge on any atom is -0.208 e. The van der Waals surface area contributed by atoms with E-state index in [-0.39, 0.29) is 0 Å². The Labute approximate surface area is 471 Å². The molecular formula is C75H55N3Si2. The summed E-state index contributed by atoms with van der Waals surface area (Å²) in [5.41, 5.74) is 9.77. The molecule has 0 spiro atoms. The van der Waals surface area contributed by atoms with Gasteiger partial charge in [-0.1, -0.05) is 334 Å². The molecule has 378 valence electrons. The maximum Gasteiger partial charge on any atom is 0.179 e. The van der Waals surface area contributed by atoms with E-state index in [0.29, 0.717) is 17.5 Å². The Morgan fingerprint density at radius 3 is 0.662 bits per heavy atom. The van der Waals surface area contributed by atoms with Crippen LogP contribution in [-0.2, 0) is 0 Å². The lowest BCUT2D eigenvalue weighted by Crippen LogP contribution is -2.78. The molecule has 80 heavy (non-hydrogen) atoms. The maximum atomic E-state index is 5.55. The molecule has 0 amide bonds. The molecule has 0 radical (unpaired) electrons. The van der Waals surface area contributed by atoms with Crippen LogP contribution in [0.4, 0.5) is 0 Å². The molecule has 0 bridgehead atoms. The van der Waals surface area contributed by atoms with Crippen LogP contribution >= 0.6 is 0 Å². The smallest absolute Gasteiger partial charge is 0.179 e. The van der Waals surface area contributed by atoms with Gasteiger partial charge in [0.15, 0.2) is 33.6 Å². The van der Waals surface area contributed by atoms with Crippen LogP contribution < -0.4 is 41.5 Å². The lowest BCUT2D eigenvalue weighted by molar-refractivity contribution is 1.07. The number of aromatic nitrogens is 3. The number of nitrogens with zero attached hydrogens (tertiary/aromatic N) is 3. The Hall–Kier alpha value is -9.92. The van der Waals surface area contributed by atoms with Gasteiger partial charge in [-0.25, -0.2) is 15.0 Å². The van der Waals surface area contributed by atoms with E-state index in [9.17, 15) is 0 Å². The van der Waals surface area contributed by atoms with E-state index in [1.165, 1.54) is 74.9 Å². The van der Waals surface area contributed by atoms with Crippen LogP contribution in [0.3, 0.4) is 0 Å². The van der Waals surface area contributed by atoms with Crippen molar-refractivity contribution in [3.05, 3.63) is 334 Å². The van der Waals surface area contributed by atoms with Gasteiger partial charge in [-0.2, -0.15) is 0 Å². The van der Waals surface area contributed by atoms with E-state index < -0.39 is 16.1 Å². The zero-order valence-electron chi connectivity index (χ0n) is 44.1. The summed E-state index contributed by atoms with van der Waals surface area (Å²) in [5.74, 6) is 1.84.